The van der Waals surface area contributed by atoms with Crippen LogP contribution in [0.5, 0.6) is 0 Å². The number of pyridine rings is 2. The maximum atomic E-state index is 13.0. The van der Waals surface area contributed by atoms with Gasteiger partial charge in [-0.25, -0.2) is 9.97 Å². The SMILES string of the molecule is O=C(Nc1ncc(C(F)(F)F)cc1Cl)C(C(=O)Nc1ncc(C(F)(F)F)cc1Cl)c1ccccc1. The van der Waals surface area contributed by atoms with Gasteiger partial charge in [0.1, 0.15) is 5.92 Å². The number of amides is 2. The van der Waals surface area contributed by atoms with Gasteiger partial charge in [0, 0.05) is 12.4 Å². The van der Waals surface area contributed by atoms with Gasteiger partial charge in [-0.05, 0) is 17.7 Å². The van der Waals surface area contributed by atoms with Gasteiger partial charge in [-0.2, -0.15) is 26.3 Å². The van der Waals surface area contributed by atoms with E-state index in [1.54, 1.807) is 6.07 Å². The molecule has 3 rings (SSSR count). The summed E-state index contributed by atoms with van der Waals surface area (Å²) in [5.74, 6) is -4.58. The van der Waals surface area contributed by atoms with Gasteiger partial charge in [-0.3, -0.25) is 9.59 Å². The largest absolute Gasteiger partial charge is 0.417 e. The summed E-state index contributed by atoms with van der Waals surface area (Å²) in [6, 6.07) is 8.53. The third-order valence-corrected chi connectivity index (χ3v) is 5.05. The van der Waals surface area contributed by atoms with E-state index in [9.17, 15) is 35.9 Å². The van der Waals surface area contributed by atoms with Crippen molar-refractivity contribution in [1.29, 1.82) is 0 Å². The first kappa shape index (κ1) is 26.2. The second-order valence-corrected chi connectivity index (χ2v) is 7.74. The first-order chi connectivity index (χ1) is 16.3. The molecule has 0 saturated carbocycles. The molecular formula is C21H12Cl2F6N4O2. The van der Waals surface area contributed by atoms with E-state index in [0.29, 0.717) is 24.5 Å². The quantitative estimate of drug-likeness (QED) is 0.301. The lowest BCUT2D eigenvalue weighted by molar-refractivity contribution is -0.138. The molecule has 0 aliphatic carbocycles. The lowest BCUT2D eigenvalue weighted by atomic mass is 9.97. The second-order valence-electron chi connectivity index (χ2n) is 6.93. The molecule has 0 spiro atoms. The zero-order valence-corrected chi connectivity index (χ0v) is 18.5. The van der Waals surface area contributed by atoms with Crippen LogP contribution < -0.4 is 10.6 Å². The molecule has 0 fully saturated rings. The molecule has 0 atom stereocenters. The number of hydrogen-bond donors (Lipinski definition) is 2. The molecule has 14 heteroatoms. The minimum Gasteiger partial charge on any atom is -0.308 e. The Kier molecular flexibility index (Phi) is 7.56. The van der Waals surface area contributed by atoms with Crippen LogP contribution in [-0.2, 0) is 21.9 Å². The molecule has 3 aromatic rings. The molecule has 2 heterocycles. The lowest BCUT2D eigenvalue weighted by Crippen LogP contribution is -2.32. The van der Waals surface area contributed by atoms with Crippen molar-refractivity contribution in [3.8, 4) is 0 Å². The summed E-state index contributed by atoms with van der Waals surface area (Å²) in [5, 5.41) is 3.30. The van der Waals surface area contributed by atoms with Crippen molar-refractivity contribution in [2.75, 3.05) is 10.6 Å². The second kappa shape index (κ2) is 10.1. The fourth-order valence-electron chi connectivity index (χ4n) is 2.81. The number of rotatable bonds is 5. The fraction of sp³-hybridized carbons (Fsp3) is 0.143. The maximum Gasteiger partial charge on any atom is 0.417 e. The van der Waals surface area contributed by atoms with Crippen molar-refractivity contribution in [2.45, 2.75) is 18.3 Å². The van der Waals surface area contributed by atoms with E-state index in [-0.39, 0.29) is 5.56 Å². The first-order valence-electron chi connectivity index (χ1n) is 9.39. The zero-order valence-electron chi connectivity index (χ0n) is 17.0. The summed E-state index contributed by atoms with van der Waals surface area (Å²) in [7, 11) is 0. The van der Waals surface area contributed by atoms with E-state index in [1.807, 2.05) is 0 Å². The molecular weight excluding hydrogens is 525 g/mol. The summed E-state index contributed by atoms with van der Waals surface area (Å²) >= 11 is 11.6. The molecule has 184 valence electrons. The smallest absolute Gasteiger partial charge is 0.308 e. The van der Waals surface area contributed by atoms with Crippen LogP contribution in [0, 0.1) is 0 Å². The van der Waals surface area contributed by atoms with E-state index >= 15 is 0 Å². The van der Waals surface area contributed by atoms with Crippen molar-refractivity contribution in [3.05, 3.63) is 81.6 Å². The van der Waals surface area contributed by atoms with Gasteiger partial charge in [0.2, 0.25) is 11.8 Å². The van der Waals surface area contributed by atoms with E-state index < -0.39 is 62.9 Å². The molecule has 2 N–H and O–H groups in total. The summed E-state index contributed by atoms with van der Waals surface area (Å²) in [5.41, 5.74) is -2.16. The van der Waals surface area contributed by atoms with Crippen LogP contribution in [-0.4, -0.2) is 21.8 Å². The number of aromatic nitrogens is 2. The van der Waals surface area contributed by atoms with Gasteiger partial charge in [-0.1, -0.05) is 53.5 Å². The van der Waals surface area contributed by atoms with Gasteiger partial charge in [0.05, 0.1) is 21.2 Å². The molecule has 1 aromatic carbocycles. The minimum absolute atomic E-state index is 0.147. The van der Waals surface area contributed by atoms with E-state index in [2.05, 4.69) is 20.6 Å². The Hall–Kier alpha value is -3.38. The molecule has 0 saturated heterocycles. The Morgan fingerprint density at radius 2 is 1.14 bits per heavy atom. The van der Waals surface area contributed by atoms with Crippen LogP contribution >= 0.6 is 23.2 Å². The third kappa shape index (κ3) is 6.40. The number of halogens is 8. The van der Waals surface area contributed by atoms with Crippen molar-refractivity contribution in [1.82, 2.24) is 9.97 Å². The average Bonchev–Trinajstić information content (AvgIpc) is 2.76. The first-order valence-corrected chi connectivity index (χ1v) is 10.1. The Bertz CT molecular complexity index is 1180. The topological polar surface area (TPSA) is 84.0 Å². The highest BCUT2D eigenvalue weighted by Crippen LogP contribution is 2.34. The Morgan fingerprint density at radius 3 is 1.49 bits per heavy atom. The number of benzene rings is 1. The molecule has 6 nitrogen and oxygen atoms in total. The third-order valence-electron chi connectivity index (χ3n) is 4.48. The molecule has 0 bridgehead atoms. The highest BCUT2D eigenvalue weighted by molar-refractivity contribution is 6.34. The summed E-state index contributed by atoms with van der Waals surface area (Å²) in [6.07, 6.45) is -8.55. The normalized spacial score (nSPS) is 11.9. The predicted octanol–water partition coefficient (Wildman–Crippen LogP) is 6.18. The van der Waals surface area contributed by atoms with Crippen LogP contribution in [0.15, 0.2) is 54.9 Å². The number of carbonyl (C=O) groups is 2. The fourth-order valence-corrected chi connectivity index (χ4v) is 3.24. The molecule has 0 aliphatic heterocycles. The van der Waals surface area contributed by atoms with Crippen molar-refractivity contribution in [2.24, 2.45) is 0 Å². The van der Waals surface area contributed by atoms with Crippen molar-refractivity contribution in [3.63, 3.8) is 0 Å². The van der Waals surface area contributed by atoms with Crippen LogP contribution in [0.1, 0.15) is 22.6 Å². The number of nitrogens with zero attached hydrogens (tertiary/aromatic N) is 2. The standard InChI is InChI=1S/C21H12Cl2F6N4O2/c22-13-6-11(20(24,25)26)8-30-16(13)32-18(34)15(10-4-2-1-3-5-10)19(35)33-17-14(23)7-12(9-31-17)21(27,28)29/h1-9,15H,(H,30,32,34)(H,31,33,35). The lowest BCUT2D eigenvalue weighted by Gasteiger charge is -2.18. The monoisotopic (exact) mass is 536 g/mol. The van der Waals surface area contributed by atoms with Gasteiger partial charge >= 0.3 is 12.4 Å². The van der Waals surface area contributed by atoms with Gasteiger partial charge in [0.15, 0.2) is 11.6 Å². The minimum atomic E-state index is -4.72. The van der Waals surface area contributed by atoms with E-state index in [1.165, 1.54) is 24.3 Å². The van der Waals surface area contributed by atoms with Crippen molar-refractivity contribution < 1.29 is 35.9 Å². The highest BCUT2D eigenvalue weighted by Gasteiger charge is 2.34. The summed E-state index contributed by atoms with van der Waals surface area (Å²) < 4.78 is 77.0. The number of hydrogen-bond acceptors (Lipinski definition) is 4. The molecule has 0 aliphatic rings. The molecule has 35 heavy (non-hydrogen) atoms. The summed E-state index contributed by atoms with van der Waals surface area (Å²) in [4.78, 5) is 32.9. The molecule has 2 amide bonds. The van der Waals surface area contributed by atoms with E-state index in [0.717, 1.165) is 0 Å². The Balaban J connectivity index is 1.89. The maximum absolute atomic E-state index is 13.0. The van der Waals surface area contributed by atoms with Crippen LogP contribution in [0.3, 0.4) is 0 Å². The average molecular weight is 537 g/mol. The van der Waals surface area contributed by atoms with Crippen LogP contribution in [0.2, 0.25) is 10.0 Å². The van der Waals surface area contributed by atoms with Gasteiger partial charge in [0.25, 0.3) is 0 Å². The number of anilines is 2. The predicted molar refractivity (Wildman–Crippen MR) is 115 cm³/mol. The Morgan fingerprint density at radius 1 is 0.743 bits per heavy atom. The van der Waals surface area contributed by atoms with Gasteiger partial charge in [-0.15, -0.1) is 0 Å². The molecule has 0 radical (unpaired) electrons. The van der Waals surface area contributed by atoms with Crippen LogP contribution in [0.4, 0.5) is 38.0 Å². The molecule has 0 unspecified atom stereocenters. The number of alkyl halides is 6. The van der Waals surface area contributed by atoms with Crippen LogP contribution in [0.25, 0.3) is 0 Å². The Labute approximate surface area is 203 Å². The van der Waals surface area contributed by atoms with E-state index in [4.69, 9.17) is 23.2 Å². The highest BCUT2D eigenvalue weighted by atomic mass is 35.5. The van der Waals surface area contributed by atoms with Gasteiger partial charge < -0.3 is 10.6 Å². The number of nitrogens with one attached hydrogen (secondary N) is 2. The number of carbonyl (C=O) groups excluding carboxylic acids is 2. The zero-order chi connectivity index (χ0) is 26.0. The van der Waals surface area contributed by atoms with Crippen molar-refractivity contribution >= 4 is 46.7 Å². The molecule has 2 aromatic heterocycles. The summed E-state index contributed by atoms with van der Waals surface area (Å²) in [6.45, 7) is 0.